The molecule has 14 heavy (non-hydrogen) atoms. The lowest BCUT2D eigenvalue weighted by molar-refractivity contribution is 0.387. The minimum absolute atomic E-state index is 0.0762. The van der Waals surface area contributed by atoms with Gasteiger partial charge in [0.15, 0.2) is 0 Å². The third-order valence-electron chi connectivity index (χ3n) is 2.70. The highest BCUT2D eigenvalue weighted by Gasteiger charge is 2.13. The lowest BCUT2D eigenvalue weighted by Gasteiger charge is -2.25. The molecule has 0 aromatic carbocycles. The van der Waals surface area contributed by atoms with Gasteiger partial charge < -0.3 is 11.1 Å². The van der Waals surface area contributed by atoms with Gasteiger partial charge >= 0.3 is 0 Å². The molecular formula is C12H26N2. The predicted molar refractivity (Wildman–Crippen MR) is 63.8 cm³/mol. The van der Waals surface area contributed by atoms with Gasteiger partial charge in [-0.25, -0.2) is 0 Å². The third-order valence-corrected chi connectivity index (χ3v) is 2.70. The van der Waals surface area contributed by atoms with Crippen LogP contribution in [0.25, 0.3) is 0 Å². The van der Waals surface area contributed by atoms with Crippen LogP contribution in [0.1, 0.15) is 48.0 Å². The van der Waals surface area contributed by atoms with E-state index in [1.807, 2.05) is 0 Å². The summed E-state index contributed by atoms with van der Waals surface area (Å²) in [7, 11) is 0. The fourth-order valence-corrected chi connectivity index (χ4v) is 1.46. The molecule has 2 nitrogen and oxygen atoms in total. The van der Waals surface area contributed by atoms with Crippen molar-refractivity contribution in [2.45, 2.75) is 54.1 Å². The van der Waals surface area contributed by atoms with E-state index in [2.05, 4.69) is 46.9 Å². The fourth-order valence-electron chi connectivity index (χ4n) is 1.46. The molecule has 2 heteroatoms. The van der Waals surface area contributed by atoms with Crippen LogP contribution in [0.3, 0.4) is 0 Å². The largest absolute Gasteiger partial charge is 0.373 e. The Labute approximate surface area is 89.0 Å². The van der Waals surface area contributed by atoms with Crippen LogP contribution in [0.15, 0.2) is 11.3 Å². The summed E-state index contributed by atoms with van der Waals surface area (Å²) in [5, 5.41) is 3.42. The average Bonchev–Trinajstić information content (AvgIpc) is 2.11. The number of hydrogen-bond acceptors (Lipinski definition) is 2. The molecule has 0 spiro atoms. The Morgan fingerprint density at radius 2 is 1.71 bits per heavy atom. The number of nitrogens with one attached hydrogen (secondary N) is 1. The summed E-state index contributed by atoms with van der Waals surface area (Å²) in [6.07, 6.45) is 1.19. The first-order valence-corrected chi connectivity index (χ1v) is 5.59. The van der Waals surface area contributed by atoms with Crippen LogP contribution >= 0.6 is 0 Å². The Kier molecular flexibility index (Phi) is 5.86. The number of nitrogens with two attached hydrogens (primary N) is 1. The Bertz CT molecular complexity index is 190. The van der Waals surface area contributed by atoms with Gasteiger partial charge in [0.25, 0.3) is 0 Å². The molecule has 0 rings (SSSR count). The Morgan fingerprint density at radius 1 is 1.21 bits per heavy atom. The molecule has 2 atom stereocenters. The molecule has 0 aliphatic rings. The molecular weight excluding hydrogens is 172 g/mol. The van der Waals surface area contributed by atoms with E-state index < -0.39 is 0 Å². The molecule has 0 aromatic rings. The first kappa shape index (κ1) is 13.5. The minimum Gasteiger partial charge on any atom is -0.373 e. The number of hydrogen-bond donors (Lipinski definition) is 2. The summed E-state index contributed by atoms with van der Waals surface area (Å²) in [6, 6.07) is 0. The van der Waals surface area contributed by atoms with E-state index in [1.54, 1.807) is 0 Å². The van der Waals surface area contributed by atoms with Crippen molar-refractivity contribution in [3.8, 4) is 0 Å². The van der Waals surface area contributed by atoms with Crippen molar-refractivity contribution in [1.29, 1.82) is 0 Å². The van der Waals surface area contributed by atoms with Crippen LogP contribution in [0.2, 0.25) is 0 Å². The van der Waals surface area contributed by atoms with Gasteiger partial charge in [-0.05, 0) is 25.7 Å². The van der Waals surface area contributed by atoms with Crippen LogP contribution in [0, 0.1) is 11.8 Å². The smallest absolute Gasteiger partial charge is 0.0766 e. The molecule has 0 aliphatic carbocycles. The summed E-state index contributed by atoms with van der Waals surface area (Å²) in [5.41, 5.74) is 8.68. The molecule has 0 heterocycles. The van der Waals surface area contributed by atoms with Gasteiger partial charge in [0.05, 0.1) is 6.17 Å². The van der Waals surface area contributed by atoms with Gasteiger partial charge in [0.1, 0.15) is 0 Å². The van der Waals surface area contributed by atoms with Gasteiger partial charge in [0.2, 0.25) is 0 Å². The van der Waals surface area contributed by atoms with Gasteiger partial charge in [-0.3, -0.25) is 0 Å². The van der Waals surface area contributed by atoms with E-state index >= 15 is 0 Å². The first-order chi connectivity index (χ1) is 6.40. The normalized spacial score (nSPS) is 15.1. The minimum atomic E-state index is 0.0762. The quantitative estimate of drug-likeness (QED) is 0.667. The number of allylic oxidation sites excluding steroid dienone is 2. The summed E-state index contributed by atoms with van der Waals surface area (Å²) in [6.45, 7) is 13.0. The molecule has 0 radical (unpaired) electrons. The van der Waals surface area contributed by atoms with E-state index in [1.165, 1.54) is 11.3 Å². The maximum Gasteiger partial charge on any atom is 0.0766 e. The monoisotopic (exact) mass is 198 g/mol. The lowest BCUT2D eigenvalue weighted by atomic mass is 10.0. The van der Waals surface area contributed by atoms with Crippen molar-refractivity contribution in [3.05, 3.63) is 11.3 Å². The van der Waals surface area contributed by atoms with Gasteiger partial charge in [-0.15, -0.1) is 0 Å². The molecule has 3 N–H and O–H groups in total. The summed E-state index contributed by atoms with van der Waals surface area (Å²) in [4.78, 5) is 0. The van der Waals surface area contributed by atoms with Crippen molar-refractivity contribution < 1.29 is 0 Å². The van der Waals surface area contributed by atoms with Crippen molar-refractivity contribution in [3.63, 3.8) is 0 Å². The van der Waals surface area contributed by atoms with E-state index in [4.69, 9.17) is 5.73 Å². The zero-order valence-electron chi connectivity index (χ0n) is 10.5. The van der Waals surface area contributed by atoms with Gasteiger partial charge in [0, 0.05) is 5.70 Å². The molecule has 2 unspecified atom stereocenters. The second kappa shape index (κ2) is 6.07. The lowest BCUT2D eigenvalue weighted by Crippen LogP contribution is -2.43. The Morgan fingerprint density at radius 3 is 2.00 bits per heavy atom. The molecule has 0 saturated heterocycles. The zero-order chi connectivity index (χ0) is 11.3. The standard InChI is InChI=1S/C12H26N2/c1-7-10(6)12(13)14-11(8(2)3)9(4)5/h8,10,12,14H,7,13H2,1-6H3. The fraction of sp³-hybridized carbons (Fsp3) is 0.833. The second-order valence-corrected chi connectivity index (χ2v) is 4.62. The summed E-state index contributed by atoms with van der Waals surface area (Å²) in [5.74, 6) is 1.04. The summed E-state index contributed by atoms with van der Waals surface area (Å²) >= 11 is 0. The van der Waals surface area contributed by atoms with E-state index in [0.29, 0.717) is 11.8 Å². The van der Waals surface area contributed by atoms with Crippen LogP contribution in [-0.4, -0.2) is 6.17 Å². The molecule has 0 fully saturated rings. The third kappa shape index (κ3) is 4.14. The predicted octanol–water partition coefficient (Wildman–Crippen LogP) is 2.86. The van der Waals surface area contributed by atoms with Gasteiger partial charge in [-0.2, -0.15) is 0 Å². The van der Waals surface area contributed by atoms with Crippen LogP contribution in [0.5, 0.6) is 0 Å². The molecule has 0 aromatic heterocycles. The molecule has 84 valence electrons. The second-order valence-electron chi connectivity index (χ2n) is 4.62. The van der Waals surface area contributed by atoms with Gasteiger partial charge in [-0.1, -0.05) is 39.7 Å². The highest BCUT2D eigenvalue weighted by Crippen LogP contribution is 2.14. The molecule has 0 saturated carbocycles. The highest BCUT2D eigenvalue weighted by atomic mass is 15.0. The maximum absolute atomic E-state index is 6.06. The van der Waals surface area contributed by atoms with Crippen molar-refractivity contribution in [1.82, 2.24) is 5.32 Å². The zero-order valence-corrected chi connectivity index (χ0v) is 10.5. The first-order valence-electron chi connectivity index (χ1n) is 5.59. The van der Waals surface area contributed by atoms with E-state index in [0.717, 1.165) is 6.42 Å². The van der Waals surface area contributed by atoms with E-state index in [-0.39, 0.29) is 6.17 Å². The average molecular weight is 198 g/mol. The van der Waals surface area contributed by atoms with Crippen LogP contribution in [0.4, 0.5) is 0 Å². The number of rotatable bonds is 5. The highest BCUT2D eigenvalue weighted by molar-refractivity contribution is 5.10. The van der Waals surface area contributed by atoms with Crippen LogP contribution in [-0.2, 0) is 0 Å². The SMILES string of the molecule is CCC(C)C(N)NC(=C(C)C)C(C)C. The molecule has 0 aliphatic heterocycles. The Hall–Kier alpha value is -0.500. The maximum atomic E-state index is 6.06. The molecule has 0 amide bonds. The van der Waals surface area contributed by atoms with Crippen molar-refractivity contribution in [2.75, 3.05) is 0 Å². The molecule has 0 bridgehead atoms. The van der Waals surface area contributed by atoms with Crippen molar-refractivity contribution in [2.24, 2.45) is 17.6 Å². The topological polar surface area (TPSA) is 38.0 Å². The van der Waals surface area contributed by atoms with E-state index in [9.17, 15) is 0 Å². The Balaban J connectivity index is 4.40. The summed E-state index contributed by atoms with van der Waals surface area (Å²) < 4.78 is 0. The van der Waals surface area contributed by atoms with Crippen molar-refractivity contribution >= 4 is 0 Å². The van der Waals surface area contributed by atoms with Crippen LogP contribution < -0.4 is 11.1 Å².